The van der Waals surface area contributed by atoms with E-state index in [1.165, 1.54) is 0 Å². The number of hydrogen-bond donors (Lipinski definition) is 0. The van der Waals surface area contributed by atoms with Crippen LogP contribution in [0.2, 0.25) is 11.0 Å². The Kier molecular flexibility index (Phi) is 2.95. The van der Waals surface area contributed by atoms with Crippen LogP contribution in [0.4, 0.5) is 3.50 Å². The fourth-order valence-electron chi connectivity index (χ4n) is 0. The summed E-state index contributed by atoms with van der Waals surface area (Å²) in [4.78, 5) is 0. The van der Waals surface area contributed by atoms with E-state index in [-0.39, 0.29) is 0 Å². The van der Waals surface area contributed by atoms with Crippen LogP contribution in [0.3, 0.4) is 0 Å². The first-order chi connectivity index (χ1) is 2.27. The van der Waals surface area contributed by atoms with Crippen LogP contribution in [0.1, 0.15) is 6.92 Å². The van der Waals surface area contributed by atoms with Gasteiger partial charge in [-0.15, -0.1) is 0 Å². The molecule has 0 rings (SSSR count). The maximum absolute atomic E-state index is 11.6. The van der Waals surface area contributed by atoms with Gasteiger partial charge in [-0.25, -0.2) is 0 Å². The minimum atomic E-state index is -2.01. The van der Waals surface area contributed by atoms with E-state index < -0.39 is 14.8 Å². The summed E-state index contributed by atoms with van der Waals surface area (Å²) in [7, 11) is 0. The SMILES string of the molecule is C[CH2][GeH]([CH3])[F]. The molecule has 0 aromatic carbocycles. The summed E-state index contributed by atoms with van der Waals surface area (Å²) in [6.45, 7) is 1.91. The van der Waals surface area contributed by atoms with Crippen LogP contribution in [0.15, 0.2) is 0 Å². The van der Waals surface area contributed by atoms with E-state index in [4.69, 9.17) is 0 Å². The second-order valence-corrected chi connectivity index (χ2v) is 6.18. The topological polar surface area (TPSA) is 0 Å². The van der Waals surface area contributed by atoms with E-state index in [1.54, 1.807) is 5.76 Å². The van der Waals surface area contributed by atoms with Crippen molar-refractivity contribution in [2.75, 3.05) is 0 Å². The van der Waals surface area contributed by atoms with Crippen molar-refractivity contribution in [3.05, 3.63) is 0 Å². The van der Waals surface area contributed by atoms with Crippen LogP contribution < -0.4 is 0 Å². The molecule has 2 heteroatoms. The molecule has 0 spiro atoms. The normalized spacial score (nSPS) is 15.0. The predicted molar refractivity (Wildman–Crippen MR) is 24.6 cm³/mol. The van der Waals surface area contributed by atoms with Crippen LogP contribution in [-0.4, -0.2) is 14.8 Å². The van der Waals surface area contributed by atoms with E-state index in [0.717, 1.165) is 5.25 Å². The van der Waals surface area contributed by atoms with Crippen LogP contribution in [0.25, 0.3) is 0 Å². The molecule has 0 nitrogen and oxygen atoms in total. The molecule has 0 aromatic rings. The molecule has 0 heterocycles. The zero-order chi connectivity index (χ0) is 4.28. The van der Waals surface area contributed by atoms with Crippen LogP contribution in [0.5, 0.6) is 0 Å². The molecule has 0 amide bonds. The van der Waals surface area contributed by atoms with Crippen molar-refractivity contribution in [2.45, 2.75) is 17.9 Å². The van der Waals surface area contributed by atoms with Gasteiger partial charge in [0.1, 0.15) is 0 Å². The summed E-state index contributed by atoms with van der Waals surface area (Å²) >= 11 is -2.01. The van der Waals surface area contributed by atoms with Crippen molar-refractivity contribution < 1.29 is 3.50 Å². The third-order valence-corrected chi connectivity index (χ3v) is 2.92. The number of rotatable bonds is 1. The maximum atomic E-state index is 11.6. The van der Waals surface area contributed by atoms with Crippen molar-refractivity contribution in [3.8, 4) is 0 Å². The van der Waals surface area contributed by atoms with Crippen molar-refractivity contribution in [3.63, 3.8) is 0 Å². The van der Waals surface area contributed by atoms with Gasteiger partial charge in [0, 0.05) is 0 Å². The van der Waals surface area contributed by atoms with E-state index in [1.807, 2.05) is 6.92 Å². The summed E-state index contributed by atoms with van der Waals surface area (Å²) < 4.78 is 11.6. The van der Waals surface area contributed by atoms with Crippen molar-refractivity contribution >= 4 is 14.8 Å². The van der Waals surface area contributed by atoms with Crippen LogP contribution in [-0.2, 0) is 0 Å². The molecule has 1 atom stereocenters. The average Bonchev–Trinajstić information content (AvgIpc) is 1.38. The molecule has 0 aliphatic carbocycles. The molecule has 0 saturated heterocycles. The fraction of sp³-hybridized carbons (Fsp3) is 1.00. The van der Waals surface area contributed by atoms with Gasteiger partial charge in [-0.2, -0.15) is 0 Å². The molecule has 5 heavy (non-hydrogen) atoms. The zero-order valence-corrected chi connectivity index (χ0v) is 6.09. The Bertz CT molecular complexity index is 20.9. The second-order valence-electron chi connectivity index (χ2n) is 1.19. The molecule has 0 aromatic heterocycles. The van der Waals surface area contributed by atoms with E-state index >= 15 is 0 Å². The Morgan fingerprint density at radius 2 is 2.00 bits per heavy atom. The molecule has 0 fully saturated rings. The van der Waals surface area contributed by atoms with Gasteiger partial charge in [0.15, 0.2) is 0 Å². The first kappa shape index (κ1) is 5.47. The van der Waals surface area contributed by atoms with Gasteiger partial charge in [0.25, 0.3) is 0 Å². The quantitative estimate of drug-likeness (QED) is 0.478. The van der Waals surface area contributed by atoms with E-state index in [0.29, 0.717) is 0 Å². The Hall–Kier alpha value is 0.473. The molecule has 0 radical (unpaired) electrons. The first-order valence-electron chi connectivity index (χ1n) is 1.91. The molecule has 0 N–H and O–H groups in total. The van der Waals surface area contributed by atoms with Gasteiger partial charge in [-0.3, -0.25) is 0 Å². The minimum absolute atomic E-state index is 0.826. The summed E-state index contributed by atoms with van der Waals surface area (Å²) in [5.74, 6) is 1.74. The number of halogens is 1. The summed E-state index contributed by atoms with van der Waals surface area (Å²) in [5.41, 5.74) is 0. The van der Waals surface area contributed by atoms with Crippen LogP contribution in [0, 0.1) is 0 Å². The molecule has 0 saturated carbocycles. The predicted octanol–water partition coefficient (Wildman–Crippen LogP) is 1.33. The van der Waals surface area contributed by atoms with Crippen LogP contribution >= 0.6 is 0 Å². The second kappa shape index (κ2) is 2.70. The third kappa shape index (κ3) is 4.47. The molecular formula is C3H9FGe. The fourth-order valence-corrected chi connectivity index (χ4v) is 0. The summed E-state index contributed by atoms with van der Waals surface area (Å²) in [6, 6.07) is 0. The van der Waals surface area contributed by atoms with Gasteiger partial charge >= 0.3 is 36.2 Å². The van der Waals surface area contributed by atoms with Gasteiger partial charge in [-0.1, -0.05) is 0 Å². The Morgan fingerprint density at radius 1 is 1.80 bits per heavy atom. The van der Waals surface area contributed by atoms with Crippen molar-refractivity contribution in [1.82, 2.24) is 0 Å². The van der Waals surface area contributed by atoms with Gasteiger partial charge in [0.05, 0.1) is 0 Å². The molecule has 32 valence electrons. The molecule has 0 aliphatic heterocycles. The van der Waals surface area contributed by atoms with Gasteiger partial charge < -0.3 is 0 Å². The molecule has 1 unspecified atom stereocenters. The Labute approximate surface area is 37.0 Å². The summed E-state index contributed by atoms with van der Waals surface area (Å²) in [5, 5.41) is 0.826. The third-order valence-electron chi connectivity index (χ3n) is 0.563. The zero-order valence-electron chi connectivity index (χ0n) is 3.66. The van der Waals surface area contributed by atoms with E-state index in [9.17, 15) is 3.50 Å². The van der Waals surface area contributed by atoms with Crippen molar-refractivity contribution in [1.29, 1.82) is 0 Å². The number of hydrogen-bond acceptors (Lipinski definition) is 0. The Balaban J connectivity index is 2.54. The van der Waals surface area contributed by atoms with Gasteiger partial charge in [-0.05, 0) is 0 Å². The van der Waals surface area contributed by atoms with E-state index in [2.05, 4.69) is 0 Å². The molecule has 0 aliphatic rings. The molecule has 0 bridgehead atoms. The standard InChI is InChI=1S/C3H9FGe/c1-3-5(2)4/h5H,3H2,1-2H3. The Morgan fingerprint density at radius 3 is 2.00 bits per heavy atom. The molecular weight excluding hydrogens is 128 g/mol. The van der Waals surface area contributed by atoms with Crippen molar-refractivity contribution in [2.24, 2.45) is 0 Å². The first-order valence-corrected chi connectivity index (χ1v) is 6.96. The van der Waals surface area contributed by atoms with Gasteiger partial charge in [0.2, 0.25) is 0 Å². The summed E-state index contributed by atoms with van der Waals surface area (Å²) in [6.07, 6.45) is 0. The average molecular weight is 137 g/mol. The monoisotopic (exact) mass is 138 g/mol.